The normalized spacial score (nSPS) is 14.0. The molecule has 1 N–H and O–H groups in total. The Kier molecular flexibility index (Phi) is 6.88. The molecule has 1 aliphatic rings. The van der Waals surface area contributed by atoms with Gasteiger partial charge in [-0.3, -0.25) is 4.79 Å². The molecule has 0 spiro atoms. The van der Waals surface area contributed by atoms with Crippen LogP contribution in [0.15, 0.2) is 58.3 Å². The summed E-state index contributed by atoms with van der Waals surface area (Å²) >= 11 is 7.71. The summed E-state index contributed by atoms with van der Waals surface area (Å²) in [5.41, 5.74) is 1.67. The summed E-state index contributed by atoms with van der Waals surface area (Å²) in [5, 5.41) is 3.89. The Labute approximate surface area is 183 Å². The maximum atomic E-state index is 12.2. The topological polar surface area (TPSA) is 80.5 Å². The number of furan rings is 1. The van der Waals surface area contributed by atoms with Crippen molar-refractivity contribution in [1.29, 1.82) is 0 Å². The third kappa shape index (κ3) is 5.53. The highest BCUT2D eigenvalue weighted by atomic mass is 35.5. The lowest BCUT2D eigenvalue weighted by atomic mass is 10.1. The third-order valence-corrected chi connectivity index (χ3v) is 5.70. The first-order chi connectivity index (χ1) is 14.7. The van der Waals surface area contributed by atoms with Crippen LogP contribution in [0.1, 0.15) is 21.7 Å². The first-order valence-corrected chi connectivity index (χ1v) is 10.9. The van der Waals surface area contributed by atoms with Crippen molar-refractivity contribution in [2.75, 3.05) is 31.2 Å². The van der Waals surface area contributed by atoms with Gasteiger partial charge in [-0.2, -0.15) is 0 Å². The van der Waals surface area contributed by atoms with E-state index in [2.05, 4.69) is 20.2 Å². The molecule has 9 heteroatoms. The Balaban J connectivity index is 1.33. The molecule has 0 atom stereocenters. The van der Waals surface area contributed by atoms with Crippen LogP contribution in [0, 0.1) is 0 Å². The van der Waals surface area contributed by atoms with E-state index in [0.29, 0.717) is 47.1 Å². The molecule has 3 aromatic rings. The fourth-order valence-corrected chi connectivity index (χ4v) is 4.02. The van der Waals surface area contributed by atoms with Gasteiger partial charge in [0.15, 0.2) is 5.16 Å². The van der Waals surface area contributed by atoms with E-state index in [1.165, 1.54) is 11.8 Å². The SMILES string of the molecule is O=C(NCc1ccco1)c1ccc(CSc2nc(Cl)cc(N3CCOCC3)n2)cc1. The number of ether oxygens (including phenoxy) is 1. The monoisotopic (exact) mass is 444 g/mol. The summed E-state index contributed by atoms with van der Waals surface area (Å²) in [4.78, 5) is 23.4. The van der Waals surface area contributed by atoms with Crippen molar-refractivity contribution in [3.05, 3.63) is 70.8 Å². The summed E-state index contributed by atoms with van der Waals surface area (Å²) in [5.74, 6) is 2.08. The average Bonchev–Trinajstić information content (AvgIpc) is 3.30. The van der Waals surface area contributed by atoms with E-state index >= 15 is 0 Å². The molecule has 4 rings (SSSR count). The highest BCUT2D eigenvalue weighted by Crippen LogP contribution is 2.25. The Morgan fingerprint density at radius 3 is 2.70 bits per heavy atom. The van der Waals surface area contributed by atoms with Gasteiger partial charge in [0.1, 0.15) is 16.7 Å². The number of rotatable bonds is 7. The Morgan fingerprint density at radius 2 is 1.97 bits per heavy atom. The molecule has 2 aromatic heterocycles. The summed E-state index contributed by atoms with van der Waals surface area (Å²) in [6.45, 7) is 3.32. The largest absolute Gasteiger partial charge is 0.467 e. The number of hydrogen-bond donors (Lipinski definition) is 1. The predicted octanol–water partition coefficient (Wildman–Crippen LogP) is 3.78. The average molecular weight is 445 g/mol. The van der Waals surface area contributed by atoms with Gasteiger partial charge in [0.25, 0.3) is 5.91 Å². The number of morpholine rings is 1. The molecule has 0 saturated carbocycles. The number of carbonyl (C=O) groups is 1. The molecule has 156 valence electrons. The van der Waals surface area contributed by atoms with E-state index in [9.17, 15) is 4.79 Å². The van der Waals surface area contributed by atoms with E-state index in [1.54, 1.807) is 18.4 Å². The lowest BCUT2D eigenvalue weighted by Gasteiger charge is -2.27. The number of nitrogens with one attached hydrogen (secondary N) is 1. The molecule has 0 radical (unpaired) electrons. The van der Waals surface area contributed by atoms with Crippen LogP contribution >= 0.6 is 23.4 Å². The molecule has 0 aliphatic carbocycles. The number of anilines is 1. The second kappa shape index (κ2) is 9.97. The van der Waals surface area contributed by atoms with Gasteiger partial charge in [-0.1, -0.05) is 35.5 Å². The predicted molar refractivity (Wildman–Crippen MR) is 116 cm³/mol. The van der Waals surface area contributed by atoms with E-state index in [0.717, 1.165) is 24.5 Å². The highest BCUT2D eigenvalue weighted by molar-refractivity contribution is 7.98. The number of amides is 1. The molecule has 0 bridgehead atoms. The smallest absolute Gasteiger partial charge is 0.251 e. The van der Waals surface area contributed by atoms with E-state index in [1.807, 2.05) is 30.3 Å². The second-order valence-electron chi connectivity index (χ2n) is 6.68. The summed E-state index contributed by atoms with van der Waals surface area (Å²) in [7, 11) is 0. The van der Waals surface area contributed by atoms with E-state index in [4.69, 9.17) is 20.8 Å². The minimum absolute atomic E-state index is 0.140. The van der Waals surface area contributed by atoms with Gasteiger partial charge in [0.05, 0.1) is 26.0 Å². The van der Waals surface area contributed by atoms with Crippen molar-refractivity contribution >= 4 is 35.1 Å². The van der Waals surface area contributed by atoms with Crippen molar-refractivity contribution in [2.24, 2.45) is 0 Å². The number of aromatic nitrogens is 2. The quantitative estimate of drug-likeness (QED) is 0.337. The number of hydrogen-bond acceptors (Lipinski definition) is 7. The van der Waals surface area contributed by atoms with Gasteiger partial charge in [-0.15, -0.1) is 0 Å². The molecule has 1 fully saturated rings. The fourth-order valence-electron chi connectivity index (χ4n) is 2.99. The van der Waals surface area contributed by atoms with Gasteiger partial charge in [-0.25, -0.2) is 9.97 Å². The molecule has 1 aliphatic heterocycles. The first-order valence-electron chi connectivity index (χ1n) is 9.57. The van der Waals surface area contributed by atoms with Gasteiger partial charge in [0, 0.05) is 30.5 Å². The van der Waals surface area contributed by atoms with Crippen molar-refractivity contribution in [3.63, 3.8) is 0 Å². The molecule has 1 saturated heterocycles. The van der Waals surface area contributed by atoms with Crippen LogP contribution in [-0.2, 0) is 17.0 Å². The van der Waals surface area contributed by atoms with Gasteiger partial charge in [0.2, 0.25) is 0 Å². The molecule has 1 amide bonds. The summed E-state index contributed by atoms with van der Waals surface area (Å²) in [6.07, 6.45) is 1.58. The highest BCUT2D eigenvalue weighted by Gasteiger charge is 2.15. The van der Waals surface area contributed by atoms with Crippen LogP contribution in [0.3, 0.4) is 0 Å². The minimum Gasteiger partial charge on any atom is -0.467 e. The van der Waals surface area contributed by atoms with Gasteiger partial charge < -0.3 is 19.4 Å². The minimum atomic E-state index is -0.140. The maximum absolute atomic E-state index is 12.2. The second-order valence-corrected chi connectivity index (χ2v) is 8.01. The standard InChI is InChI=1S/C21H21ClN4O3S/c22-18-12-19(26-7-10-28-11-8-26)25-21(24-18)30-14-15-3-5-16(6-4-15)20(27)23-13-17-2-1-9-29-17/h1-6,9,12H,7-8,10-11,13-14H2,(H,23,27). The molecule has 1 aromatic carbocycles. The molecular formula is C21H21ClN4O3S. The van der Waals surface area contributed by atoms with Crippen LogP contribution in [-0.4, -0.2) is 42.2 Å². The summed E-state index contributed by atoms with van der Waals surface area (Å²) in [6, 6.07) is 12.9. The number of benzene rings is 1. The molecular weight excluding hydrogens is 424 g/mol. The Bertz CT molecular complexity index is 976. The lowest BCUT2D eigenvalue weighted by molar-refractivity contribution is 0.0948. The van der Waals surface area contributed by atoms with E-state index in [-0.39, 0.29) is 5.91 Å². The van der Waals surface area contributed by atoms with Crippen LogP contribution in [0.4, 0.5) is 5.82 Å². The lowest BCUT2D eigenvalue weighted by Crippen LogP contribution is -2.36. The third-order valence-electron chi connectivity index (χ3n) is 4.58. The van der Waals surface area contributed by atoms with Crippen LogP contribution in [0.5, 0.6) is 0 Å². The molecule has 7 nitrogen and oxygen atoms in total. The zero-order valence-corrected chi connectivity index (χ0v) is 17.8. The first kappa shape index (κ1) is 20.7. The molecule has 3 heterocycles. The van der Waals surface area contributed by atoms with Crippen LogP contribution in [0.2, 0.25) is 5.15 Å². The zero-order valence-electron chi connectivity index (χ0n) is 16.2. The van der Waals surface area contributed by atoms with Crippen molar-refractivity contribution in [1.82, 2.24) is 15.3 Å². The zero-order chi connectivity index (χ0) is 20.8. The Hall–Kier alpha value is -2.55. The number of halogens is 1. The molecule has 0 unspecified atom stereocenters. The van der Waals surface area contributed by atoms with Gasteiger partial charge >= 0.3 is 0 Å². The van der Waals surface area contributed by atoms with Gasteiger partial charge in [-0.05, 0) is 29.8 Å². The Morgan fingerprint density at radius 1 is 1.17 bits per heavy atom. The summed E-state index contributed by atoms with van der Waals surface area (Å²) < 4.78 is 10.6. The maximum Gasteiger partial charge on any atom is 0.251 e. The number of carbonyl (C=O) groups excluding carboxylic acids is 1. The van der Waals surface area contributed by atoms with Crippen molar-refractivity contribution in [3.8, 4) is 0 Å². The van der Waals surface area contributed by atoms with Crippen molar-refractivity contribution < 1.29 is 13.9 Å². The van der Waals surface area contributed by atoms with Crippen LogP contribution < -0.4 is 10.2 Å². The number of thioether (sulfide) groups is 1. The molecule has 30 heavy (non-hydrogen) atoms. The van der Waals surface area contributed by atoms with Crippen LogP contribution in [0.25, 0.3) is 0 Å². The number of nitrogens with zero attached hydrogens (tertiary/aromatic N) is 3. The fraction of sp³-hybridized carbons (Fsp3) is 0.286. The van der Waals surface area contributed by atoms with Crippen molar-refractivity contribution in [2.45, 2.75) is 17.5 Å². The van der Waals surface area contributed by atoms with E-state index < -0.39 is 0 Å².